The van der Waals surface area contributed by atoms with Crippen molar-refractivity contribution < 1.29 is 4.74 Å². The molecule has 2 aromatic carbocycles. The predicted molar refractivity (Wildman–Crippen MR) is 94.3 cm³/mol. The van der Waals surface area contributed by atoms with Crippen molar-refractivity contribution in [2.75, 3.05) is 11.9 Å². The van der Waals surface area contributed by atoms with Crippen LogP contribution in [0.25, 0.3) is 6.58 Å². The summed E-state index contributed by atoms with van der Waals surface area (Å²) in [5, 5.41) is 5.42. The van der Waals surface area contributed by atoms with Gasteiger partial charge in [0.1, 0.15) is 11.0 Å². The topological polar surface area (TPSA) is 33.6 Å². The number of rotatable bonds is 3. The van der Waals surface area contributed by atoms with Crippen LogP contribution in [0.5, 0.6) is 11.5 Å². The fourth-order valence-electron chi connectivity index (χ4n) is 3.33. The van der Waals surface area contributed by atoms with Gasteiger partial charge in [0.05, 0.1) is 0 Å². The molecule has 3 heteroatoms. The Morgan fingerprint density at radius 3 is 3.00 bits per heavy atom. The maximum absolute atomic E-state index is 6.11. The molecule has 0 unspecified atom stereocenters. The number of fused-ring (bicyclic) bond motifs is 3. The van der Waals surface area contributed by atoms with E-state index in [0.717, 1.165) is 47.1 Å². The second-order valence-electron chi connectivity index (χ2n) is 6.41. The highest BCUT2D eigenvalue weighted by molar-refractivity contribution is 5.68. The molecular formula is C20H22N2O. The van der Waals surface area contributed by atoms with E-state index >= 15 is 0 Å². The summed E-state index contributed by atoms with van der Waals surface area (Å²) in [4.78, 5) is 4.85. The zero-order valence-corrected chi connectivity index (χ0v) is 13.6. The predicted octanol–water partition coefficient (Wildman–Crippen LogP) is 3.85. The lowest BCUT2D eigenvalue weighted by Gasteiger charge is -2.22. The molecule has 2 aromatic rings. The number of benzene rings is 2. The molecule has 4 rings (SSSR count). The molecule has 2 aliphatic rings. The number of aryl methyl sites for hydroxylation is 2. The minimum absolute atomic E-state index is 0.818. The van der Waals surface area contributed by atoms with E-state index in [-0.39, 0.29) is 0 Å². The zero-order valence-electron chi connectivity index (χ0n) is 13.6. The van der Waals surface area contributed by atoms with Crippen molar-refractivity contribution in [3.05, 3.63) is 46.0 Å². The smallest absolute Gasteiger partial charge is 0.155 e. The summed E-state index contributed by atoms with van der Waals surface area (Å²) in [7, 11) is 0. The van der Waals surface area contributed by atoms with E-state index in [9.17, 15) is 0 Å². The Labute approximate surface area is 136 Å². The molecule has 0 aliphatic carbocycles. The average molecular weight is 306 g/mol. The van der Waals surface area contributed by atoms with Gasteiger partial charge in [0, 0.05) is 18.3 Å². The van der Waals surface area contributed by atoms with Crippen LogP contribution in [0, 0.1) is 0 Å². The Hall–Kier alpha value is -2.29. The van der Waals surface area contributed by atoms with Gasteiger partial charge in [0.2, 0.25) is 0 Å². The molecule has 0 fully saturated rings. The van der Waals surface area contributed by atoms with E-state index in [1.54, 1.807) is 0 Å². The Balaban J connectivity index is 1.80. The monoisotopic (exact) mass is 306 g/mol. The first-order chi connectivity index (χ1) is 11.2. The molecule has 0 radical (unpaired) electrons. The molecule has 118 valence electrons. The molecule has 0 amide bonds. The van der Waals surface area contributed by atoms with Crippen LogP contribution in [0.3, 0.4) is 0 Å². The van der Waals surface area contributed by atoms with Crippen molar-refractivity contribution in [3.63, 3.8) is 0 Å². The summed E-state index contributed by atoms with van der Waals surface area (Å²) in [6.07, 6.45) is 5.70. The van der Waals surface area contributed by atoms with E-state index in [0.29, 0.717) is 0 Å². The highest BCUT2D eigenvalue weighted by Crippen LogP contribution is 2.39. The first-order valence-corrected chi connectivity index (χ1v) is 8.54. The fourth-order valence-corrected chi connectivity index (χ4v) is 3.33. The molecule has 0 atom stereocenters. The molecule has 1 N–H and O–H groups in total. The number of ether oxygens (including phenoxy) is 1. The maximum Gasteiger partial charge on any atom is 0.155 e. The molecule has 2 aliphatic heterocycles. The lowest BCUT2D eigenvalue weighted by molar-refractivity contribution is 0.469. The standard InChI is InChI=1S/C20H22N2O/c1-3-4-6-14-10-17-19(9-13(14)2)23-20-12-16-15(7-5-8-21-16)11-18(20)22-17/h9-12,21H,2-8H2,1H3. The molecule has 3 nitrogen and oxygen atoms in total. The number of hydrogen-bond donors (Lipinski definition) is 1. The quantitative estimate of drug-likeness (QED) is 0.797. The third-order valence-corrected chi connectivity index (χ3v) is 4.66. The molecular weight excluding hydrogens is 284 g/mol. The minimum Gasteiger partial charge on any atom is -0.453 e. The number of nitrogens with zero attached hydrogens (tertiary/aromatic N) is 1. The van der Waals surface area contributed by atoms with Crippen molar-refractivity contribution in [2.45, 2.75) is 39.0 Å². The van der Waals surface area contributed by atoms with E-state index in [1.165, 1.54) is 36.1 Å². The molecule has 0 aromatic heterocycles. The van der Waals surface area contributed by atoms with E-state index in [1.807, 2.05) is 6.07 Å². The van der Waals surface area contributed by atoms with Crippen molar-refractivity contribution in [2.24, 2.45) is 4.99 Å². The highest BCUT2D eigenvalue weighted by Gasteiger charge is 2.18. The first kappa shape index (κ1) is 14.3. The van der Waals surface area contributed by atoms with Crippen LogP contribution in [-0.2, 0) is 12.8 Å². The van der Waals surface area contributed by atoms with E-state index in [4.69, 9.17) is 9.73 Å². The van der Waals surface area contributed by atoms with Gasteiger partial charge in [-0.2, -0.15) is 0 Å². The number of anilines is 1. The van der Waals surface area contributed by atoms with Gasteiger partial charge in [-0.05, 0) is 60.2 Å². The Bertz CT molecular complexity index is 870. The lowest BCUT2D eigenvalue weighted by Crippen LogP contribution is -2.19. The van der Waals surface area contributed by atoms with Crippen molar-refractivity contribution in [1.82, 2.24) is 0 Å². The Kier molecular flexibility index (Phi) is 3.56. The minimum atomic E-state index is 0.818. The van der Waals surface area contributed by atoms with Crippen molar-refractivity contribution >= 4 is 18.0 Å². The summed E-state index contributed by atoms with van der Waals surface area (Å²) in [5.41, 5.74) is 4.74. The molecule has 0 bridgehead atoms. The number of nitrogens with one attached hydrogen (secondary N) is 1. The van der Waals surface area contributed by atoms with Crippen LogP contribution in [0.2, 0.25) is 0 Å². The van der Waals surface area contributed by atoms with Gasteiger partial charge in [-0.15, -0.1) is 0 Å². The average Bonchev–Trinajstić information content (AvgIpc) is 2.56. The third-order valence-electron chi connectivity index (χ3n) is 4.66. The fraction of sp³-hybridized carbons (Fsp3) is 0.350. The molecule has 23 heavy (non-hydrogen) atoms. The van der Waals surface area contributed by atoms with Crippen LogP contribution >= 0.6 is 0 Å². The van der Waals surface area contributed by atoms with Gasteiger partial charge >= 0.3 is 0 Å². The van der Waals surface area contributed by atoms with Gasteiger partial charge < -0.3 is 10.1 Å². The molecule has 0 saturated carbocycles. The van der Waals surface area contributed by atoms with Gasteiger partial charge in [0.25, 0.3) is 0 Å². The number of unbranched alkanes of at least 4 members (excludes halogenated alkanes) is 1. The largest absolute Gasteiger partial charge is 0.453 e. The van der Waals surface area contributed by atoms with Crippen molar-refractivity contribution in [3.8, 4) is 11.5 Å². The van der Waals surface area contributed by atoms with E-state index in [2.05, 4.69) is 37.0 Å². The van der Waals surface area contributed by atoms with Crippen LogP contribution in [0.15, 0.2) is 29.3 Å². The molecule has 2 heterocycles. The highest BCUT2D eigenvalue weighted by atomic mass is 16.5. The maximum atomic E-state index is 6.11. The summed E-state index contributed by atoms with van der Waals surface area (Å²) < 4.78 is 6.11. The Morgan fingerprint density at radius 1 is 1.22 bits per heavy atom. The van der Waals surface area contributed by atoms with Crippen LogP contribution < -0.4 is 20.6 Å². The molecule has 0 saturated heterocycles. The third kappa shape index (κ3) is 2.61. The lowest BCUT2D eigenvalue weighted by atomic mass is 10.0. The number of hydrogen-bond acceptors (Lipinski definition) is 3. The van der Waals surface area contributed by atoms with Gasteiger partial charge in [-0.25, -0.2) is 4.99 Å². The normalized spacial score (nSPS) is 14.7. The Morgan fingerprint density at radius 2 is 2.13 bits per heavy atom. The van der Waals surface area contributed by atoms with E-state index < -0.39 is 0 Å². The van der Waals surface area contributed by atoms with Crippen LogP contribution in [0.4, 0.5) is 11.4 Å². The summed E-state index contributed by atoms with van der Waals surface area (Å²) in [6, 6.07) is 8.43. The second-order valence-corrected chi connectivity index (χ2v) is 6.41. The van der Waals surface area contributed by atoms with Gasteiger partial charge in [0.15, 0.2) is 11.5 Å². The first-order valence-electron chi connectivity index (χ1n) is 8.54. The second kappa shape index (κ2) is 5.73. The summed E-state index contributed by atoms with van der Waals surface area (Å²) in [5.74, 6) is 1.66. The van der Waals surface area contributed by atoms with Crippen LogP contribution in [-0.4, -0.2) is 6.54 Å². The van der Waals surface area contributed by atoms with Gasteiger partial charge in [-0.3, -0.25) is 0 Å². The van der Waals surface area contributed by atoms with Crippen LogP contribution in [0.1, 0.15) is 37.3 Å². The van der Waals surface area contributed by atoms with Gasteiger partial charge in [-0.1, -0.05) is 19.9 Å². The summed E-state index contributed by atoms with van der Waals surface area (Å²) in [6.45, 7) is 7.42. The van der Waals surface area contributed by atoms with Crippen molar-refractivity contribution in [1.29, 1.82) is 0 Å². The SMILES string of the molecule is C=c1cc2c(cc1CCCC)=Nc1cc3c(cc1O2)NCCC3. The zero-order chi connectivity index (χ0) is 15.8. The summed E-state index contributed by atoms with van der Waals surface area (Å²) >= 11 is 0. The molecule has 0 spiro atoms.